The lowest BCUT2D eigenvalue weighted by Gasteiger charge is -2.04. The van der Waals surface area contributed by atoms with Gasteiger partial charge in [0.2, 0.25) is 5.91 Å². The molecule has 4 nitrogen and oxygen atoms in total. The summed E-state index contributed by atoms with van der Waals surface area (Å²) in [5, 5.41) is 11.3. The van der Waals surface area contributed by atoms with Gasteiger partial charge in [-0.15, -0.1) is 0 Å². The van der Waals surface area contributed by atoms with Crippen molar-refractivity contribution < 1.29 is 19.1 Å². The standard InChI is InChI=1S/C12H12FNO3/c13-8-3-1-7(2-4-8)6-14-11(15)9-5-10(9)12(16)17/h1-4,9-10H,5-6H2,(H,14,15)(H,16,17)/t9-,10+/m1/s1. The van der Waals surface area contributed by atoms with Crippen LogP contribution in [0.1, 0.15) is 12.0 Å². The fraction of sp³-hybridized carbons (Fsp3) is 0.333. The highest BCUT2D eigenvalue weighted by Gasteiger charge is 2.48. The van der Waals surface area contributed by atoms with Crippen molar-refractivity contribution >= 4 is 11.9 Å². The highest BCUT2D eigenvalue weighted by atomic mass is 19.1. The van der Waals surface area contributed by atoms with Gasteiger partial charge in [0, 0.05) is 6.54 Å². The molecule has 1 aromatic rings. The van der Waals surface area contributed by atoms with Crippen LogP contribution in [0.2, 0.25) is 0 Å². The summed E-state index contributed by atoms with van der Waals surface area (Å²) in [6.07, 6.45) is 0.407. The fourth-order valence-electron chi connectivity index (χ4n) is 1.68. The van der Waals surface area contributed by atoms with E-state index in [-0.39, 0.29) is 11.7 Å². The third-order valence-electron chi connectivity index (χ3n) is 2.82. The van der Waals surface area contributed by atoms with E-state index >= 15 is 0 Å². The van der Waals surface area contributed by atoms with Crippen molar-refractivity contribution in [3.05, 3.63) is 35.6 Å². The number of rotatable bonds is 4. The van der Waals surface area contributed by atoms with Crippen molar-refractivity contribution in [1.82, 2.24) is 5.32 Å². The molecule has 0 saturated heterocycles. The fourth-order valence-corrected chi connectivity index (χ4v) is 1.68. The van der Waals surface area contributed by atoms with E-state index in [2.05, 4.69) is 5.32 Å². The van der Waals surface area contributed by atoms with Gasteiger partial charge < -0.3 is 10.4 Å². The number of amides is 1. The predicted molar refractivity (Wildman–Crippen MR) is 57.5 cm³/mol. The van der Waals surface area contributed by atoms with Crippen LogP contribution in [0.3, 0.4) is 0 Å². The third kappa shape index (κ3) is 2.81. The summed E-state index contributed by atoms with van der Waals surface area (Å²) in [7, 11) is 0. The summed E-state index contributed by atoms with van der Waals surface area (Å²) in [6.45, 7) is 0.294. The minimum absolute atomic E-state index is 0.248. The quantitative estimate of drug-likeness (QED) is 0.825. The molecule has 2 atom stereocenters. The van der Waals surface area contributed by atoms with Crippen LogP contribution < -0.4 is 5.32 Å². The van der Waals surface area contributed by atoms with Gasteiger partial charge in [-0.2, -0.15) is 0 Å². The molecule has 2 N–H and O–H groups in total. The minimum atomic E-state index is -0.924. The molecular formula is C12H12FNO3. The van der Waals surface area contributed by atoms with Crippen molar-refractivity contribution in [2.45, 2.75) is 13.0 Å². The van der Waals surface area contributed by atoms with Gasteiger partial charge in [0.25, 0.3) is 0 Å². The summed E-state index contributed by atoms with van der Waals surface area (Å²) in [5.74, 6) is -2.45. The Bertz CT molecular complexity index is 444. The van der Waals surface area contributed by atoms with Crippen molar-refractivity contribution in [3.63, 3.8) is 0 Å². The maximum atomic E-state index is 12.6. The second-order valence-electron chi connectivity index (χ2n) is 4.13. The van der Waals surface area contributed by atoms with Crippen molar-refractivity contribution in [2.75, 3.05) is 0 Å². The van der Waals surface area contributed by atoms with Gasteiger partial charge in [-0.05, 0) is 24.1 Å². The number of carbonyl (C=O) groups excluding carboxylic acids is 1. The Labute approximate surface area is 97.4 Å². The first-order valence-electron chi connectivity index (χ1n) is 5.33. The van der Waals surface area contributed by atoms with Crippen molar-refractivity contribution in [3.8, 4) is 0 Å². The molecule has 5 heteroatoms. The number of nitrogens with one attached hydrogen (secondary N) is 1. The summed E-state index contributed by atoms with van der Waals surface area (Å²) in [6, 6.07) is 5.80. The number of carbonyl (C=O) groups is 2. The molecule has 0 bridgehead atoms. The largest absolute Gasteiger partial charge is 0.481 e. The van der Waals surface area contributed by atoms with Crippen molar-refractivity contribution in [2.24, 2.45) is 11.8 Å². The van der Waals surface area contributed by atoms with Crippen molar-refractivity contribution in [1.29, 1.82) is 0 Å². The van der Waals surface area contributed by atoms with Gasteiger partial charge in [0.05, 0.1) is 11.8 Å². The van der Waals surface area contributed by atoms with Gasteiger partial charge in [0.1, 0.15) is 5.82 Å². The molecule has 0 aliphatic heterocycles. The average Bonchev–Trinajstić information content (AvgIpc) is 3.08. The molecule has 1 aliphatic carbocycles. The van der Waals surface area contributed by atoms with Crippen LogP contribution in [0.25, 0.3) is 0 Å². The molecular weight excluding hydrogens is 225 g/mol. The summed E-state index contributed by atoms with van der Waals surface area (Å²) in [4.78, 5) is 22.1. The highest BCUT2D eigenvalue weighted by molar-refractivity contribution is 5.89. The first kappa shape index (κ1) is 11.6. The lowest BCUT2D eigenvalue weighted by Crippen LogP contribution is -2.25. The molecule has 1 saturated carbocycles. The SMILES string of the molecule is O=C(O)[C@H]1C[C@H]1C(=O)NCc1ccc(F)cc1. The summed E-state index contributed by atoms with van der Waals surface area (Å²) in [5.41, 5.74) is 0.785. The van der Waals surface area contributed by atoms with Gasteiger partial charge >= 0.3 is 5.97 Å². The first-order valence-corrected chi connectivity index (χ1v) is 5.33. The van der Waals surface area contributed by atoms with E-state index in [1.54, 1.807) is 12.1 Å². The number of aliphatic carboxylic acids is 1. The van der Waals surface area contributed by atoms with E-state index in [4.69, 9.17) is 5.11 Å². The minimum Gasteiger partial charge on any atom is -0.481 e. The predicted octanol–water partition coefficient (Wildman–Crippen LogP) is 1.16. The van der Waals surface area contributed by atoms with Crippen LogP contribution in [0.15, 0.2) is 24.3 Å². The number of carboxylic acids is 1. The third-order valence-corrected chi connectivity index (χ3v) is 2.82. The Balaban J connectivity index is 1.81. The summed E-state index contributed by atoms with van der Waals surface area (Å²) < 4.78 is 12.6. The molecule has 0 radical (unpaired) electrons. The van der Waals surface area contributed by atoms with Gasteiger partial charge in [-0.3, -0.25) is 9.59 Å². The molecule has 1 aromatic carbocycles. The molecule has 17 heavy (non-hydrogen) atoms. The number of benzene rings is 1. The van der Waals surface area contributed by atoms with E-state index in [1.165, 1.54) is 12.1 Å². The molecule has 90 valence electrons. The zero-order valence-corrected chi connectivity index (χ0v) is 9.02. The second-order valence-corrected chi connectivity index (χ2v) is 4.13. The first-order chi connectivity index (χ1) is 8.08. The Kier molecular flexibility index (Phi) is 3.08. The topological polar surface area (TPSA) is 66.4 Å². The van der Waals surface area contributed by atoms with Crippen LogP contribution in [0.5, 0.6) is 0 Å². The van der Waals surface area contributed by atoms with E-state index < -0.39 is 17.8 Å². The van der Waals surface area contributed by atoms with E-state index in [0.29, 0.717) is 13.0 Å². The molecule has 2 rings (SSSR count). The summed E-state index contributed by atoms with van der Waals surface area (Å²) >= 11 is 0. The van der Waals surface area contributed by atoms with Gasteiger partial charge in [0.15, 0.2) is 0 Å². The second kappa shape index (κ2) is 4.53. The lowest BCUT2D eigenvalue weighted by molar-refractivity contribution is -0.140. The normalized spacial score (nSPS) is 21.9. The number of halogens is 1. The Morgan fingerprint density at radius 1 is 1.29 bits per heavy atom. The van der Waals surface area contributed by atoms with E-state index in [0.717, 1.165) is 5.56 Å². The average molecular weight is 237 g/mol. The maximum Gasteiger partial charge on any atom is 0.307 e. The lowest BCUT2D eigenvalue weighted by atomic mass is 10.2. The van der Waals surface area contributed by atoms with Crippen LogP contribution >= 0.6 is 0 Å². The van der Waals surface area contributed by atoms with Gasteiger partial charge in [-0.1, -0.05) is 12.1 Å². The van der Waals surface area contributed by atoms with Crippen LogP contribution in [-0.4, -0.2) is 17.0 Å². The Morgan fingerprint density at radius 3 is 2.47 bits per heavy atom. The molecule has 0 unspecified atom stereocenters. The molecule has 1 aliphatic rings. The molecule has 1 amide bonds. The zero-order chi connectivity index (χ0) is 12.4. The number of carboxylic acid groups (broad SMARTS) is 1. The van der Waals surface area contributed by atoms with E-state index in [1.807, 2.05) is 0 Å². The zero-order valence-electron chi connectivity index (χ0n) is 9.02. The van der Waals surface area contributed by atoms with E-state index in [9.17, 15) is 14.0 Å². The molecule has 0 heterocycles. The molecule has 0 spiro atoms. The maximum absolute atomic E-state index is 12.6. The Hall–Kier alpha value is -1.91. The number of hydrogen-bond donors (Lipinski definition) is 2. The molecule has 1 fully saturated rings. The number of hydrogen-bond acceptors (Lipinski definition) is 2. The van der Waals surface area contributed by atoms with Gasteiger partial charge in [-0.25, -0.2) is 4.39 Å². The highest BCUT2D eigenvalue weighted by Crippen LogP contribution is 2.38. The van der Waals surface area contributed by atoms with Crippen LogP contribution in [0.4, 0.5) is 4.39 Å². The smallest absolute Gasteiger partial charge is 0.307 e. The monoisotopic (exact) mass is 237 g/mol. The van der Waals surface area contributed by atoms with Crippen LogP contribution in [-0.2, 0) is 16.1 Å². The molecule has 0 aromatic heterocycles. The Morgan fingerprint density at radius 2 is 1.94 bits per heavy atom. The van der Waals surface area contributed by atoms with Crippen LogP contribution in [0, 0.1) is 17.7 Å².